The molecule has 3 rings (SSSR count). The van der Waals surface area contributed by atoms with Crippen LogP contribution in [0.1, 0.15) is 24.8 Å². The Morgan fingerprint density at radius 1 is 1.17 bits per heavy atom. The van der Waals surface area contributed by atoms with Crippen molar-refractivity contribution >= 4 is 11.4 Å². The summed E-state index contributed by atoms with van der Waals surface area (Å²) < 4.78 is 5.76. The molecule has 0 aromatic heterocycles. The second-order valence-corrected chi connectivity index (χ2v) is 6.21. The predicted octanol–water partition coefficient (Wildman–Crippen LogP) is 1.34. The van der Waals surface area contributed by atoms with E-state index in [4.69, 9.17) is 10.5 Å². The highest BCUT2D eigenvalue weighted by atomic mass is 16.5. The highest BCUT2D eigenvalue weighted by Gasteiger charge is 2.16. The number of anilines is 2. The molecule has 1 aliphatic rings. The number of nitrogens with one attached hydrogen (secondary N) is 1. The number of nitrogens with zero attached hydrogens (tertiary/aromatic N) is 1. The van der Waals surface area contributed by atoms with E-state index in [1.807, 2.05) is 12.1 Å². The zero-order chi connectivity index (χ0) is 16.9. The van der Waals surface area contributed by atoms with Crippen LogP contribution in [0, 0.1) is 0 Å². The molecule has 128 valence electrons. The second kappa shape index (κ2) is 7.49. The molecule has 1 aliphatic heterocycles. The summed E-state index contributed by atoms with van der Waals surface area (Å²) in [5.41, 5.74) is 5.89. The maximum atomic E-state index is 11.3. The first-order valence-electron chi connectivity index (χ1n) is 8.42. The Morgan fingerprint density at radius 2 is 1.96 bits per heavy atom. The number of nitrogens with two attached hydrogens (primary N) is 1. The van der Waals surface area contributed by atoms with Gasteiger partial charge in [-0.15, -0.1) is 0 Å². The topological polar surface area (TPSA) is 84.7 Å². The lowest BCUT2D eigenvalue weighted by Gasteiger charge is -2.15. The highest BCUT2D eigenvalue weighted by Crippen LogP contribution is 2.17. The van der Waals surface area contributed by atoms with Crippen LogP contribution in [0.15, 0.2) is 33.9 Å². The van der Waals surface area contributed by atoms with Gasteiger partial charge >= 0.3 is 0 Å². The Morgan fingerprint density at radius 3 is 2.71 bits per heavy atom. The van der Waals surface area contributed by atoms with Crippen LogP contribution in [-0.4, -0.2) is 31.1 Å². The van der Waals surface area contributed by atoms with Crippen molar-refractivity contribution in [1.29, 1.82) is 0 Å². The maximum Gasteiger partial charge on any atom is 0.253 e. The average molecular weight is 329 g/mol. The molecule has 6 heteroatoms. The molecule has 2 aromatic carbocycles. The molecular formula is C18H23N3O3. The summed E-state index contributed by atoms with van der Waals surface area (Å²) in [6.45, 7) is 4.41. The van der Waals surface area contributed by atoms with Crippen LogP contribution in [-0.2, 0) is 6.54 Å². The average Bonchev–Trinajstić information content (AvgIpc) is 3.10. The van der Waals surface area contributed by atoms with Gasteiger partial charge in [0.1, 0.15) is 17.1 Å². The van der Waals surface area contributed by atoms with Gasteiger partial charge < -0.3 is 15.8 Å². The van der Waals surface area contributed by atoms with Crippen molar-refractivity contribution in [3.63, 3.8) is 0 Å². The van der Waals surface area contributed by atoms with Crippen molar-refractivity contribution in [3.8, 4) is 5.75 Å². The first-order valence-corrected chi connectivity index (χ1v) is 8.42. The van der Waals surface area contributed by atoms with E-state index in [1.54, 1.807) is 0 Å². The van der Waals surface area contributed by atoms with Gasteiger partial charge in [0.2, 0.25) is 0 Å². The minimum atomic E-state index is -0.594. The van der Waals surface area contributed by atoms with Crippen molar-refractivity contribution in [2.45, 2.75) is 25.8 Å². The number of rotatable bonds is 8. The highest BCUT2D eigenvalue weighted by molar-refractivity contribution is 5.71. The van der Waals surface area contributed by atoms with Crippen molar-refractivity contribution < 1.29 is 4.74 Å². The van der Waals surface area contributed by atoms with Gasteiger partial charge in [0.05, 0.1) is 6.61 Å². The SMILES string of the molecule is Nc1c(NCCCOc2cccc(CN3CCCC3)c2)c(=O)c1=O. The molecule has 0 unspecified atom stereocenters. The fraction of sp³-hybridized carbons (Fsp3) is 0.444. The monoisotopic (exact) mass is 329 g/mol. The second-order valence-electron chi connectivity index (χ2n) is 6.21. The lowest BCUT2D eigenvalue weighted by Crippen LogP contribution is -2.37. The third-order valence-corrected chi connectivity index (χ3v) is 4.34. The van der Waals surface area contributed by atoms with Gasteiger partial charge in [0.15, 0.2) is 0 Å². The standard InChI is InChI=1S/C18H23N3O3/c19-15-16(18(23)17(15)22)20-7-4-10-24-14-6-3-5-13(11-14)12-21-8-1-2-9-21/h3,5-6,11,20H,1-2,4,7-10,12,19H2. The molecule has 24 heavy (non-hydrogen) atoms. The van der Waals surface area contributed by atoms with Crippen LogP contribution in [0.4, 0.5) is 11.4 Å². The van der Waals surface area contributed by atoms with Gasteiger partial charge in [0.25, 0.3) is 10.9 Å². The molecule has 2 aromatic rings. The molecular weight excluding hydrogens is 306 g/mol. The van der Waals surface area contributed by atoms with Crippen LogP contribution in [0.25, 0.3) is 0 Å². The number of hydrogen-bond donors (Lipinski definition) is 2. The lowest BCUT2D eigenvalue weighted by molar-refractivity contribution is 0.311. The molecule has 1 heterocycles. The number of nitrogen functional groups attached to an aromatic ring is 1. The van der Waals surface area contributed by atoms with Crippen LogP contribution >= 0.6 is 0 Å². The van der Waals surface area contributed by atoms with Gasteiger partial charge in [-0.2, -0.15) is 0 Å². The number of hydrogen-bond acceptors (Lipinski definition) is 6. The number of ether oxygens (including phenoxy) is 1. The molecule has 0 bridgehead atoms. The molecule has 3 N–H and O–H groups in total. The van der Waals surface area contributed by atoms with Gasteiger partial charge in [-0.3, -0.25) is 14.5 Å². The molecule has 0 atom stereocenters. The van der Waals surface area contributed by atoms with Crippen LogP contribution in [0.5, 0.6) is 5.75 Å². The zero-order valence-electron chi connectivity index (χ0n) is 13.7. The van der Waals surface area contributed by atoms with Crippen molar-refractivity contribution in [2.24, 2.45) is 0 Å². The molecule has 6 nitrogen and oxygen atoms in total. The molecule has 0 saturated carbocycles. The number of benzene rings is 1. The summed E-state index contributed by atoms with van der Waals surface area (Å²) in [7, 11) is 0. The van der Waals surface area contributed by atoms with Crippen LogP contribution < -0.4 is 26.6 Å². The Kier molecular flexibility index (Phi) is 5.15. The van der Waals surface area contributed by atoms with E-state index in [0.29, 0.717) is 19.6 Å². The summed E-state index contributed by atoms with van der Waals surface area (Å²) in [4.78, 5) is 24.7. The first kappa shape index (κ1) is 16.5. The molecule has 0 spiro atoms. The molecule has 1 saturated heterocycles. The van der Waals surface area contributed by atoms with Gasteiger partial charge in [0, 0.05) is 13.1 Å². The quantitative estimate of drug-likeness (QED) is 0.562. The molecule has 1 fully saturated rings. The van der Waals surface area contributed by atoms with Crippen molar-refractivity contribution in [1.82, 2.24) is 4.90 Å². The van der Waals surface area contributed by atoms with E-state index in [1.165, 1.54) is 31.5 Å². The van der Waals surface area contributed by atoms with E-state index in [-0.39, 0.29) is 11.4 Å². The minimum absolute atomic E-state index is 0.0375. The minimum Gasteiger partial charge on any atom is -0.494 e. The van der Waals surface area contributed by atoms with Crippen molar-refractivity contribution in [3.05, 3.63) is 50.3 Å². The van der Waals surface area contributed by atoms with Gasteiger partial charge in [-0.1, -0.05) is 12.1 Å². The Bertz CT molecular complexity index is 759. The smallest absolute Gasteiger partial charge is 0.253 e. The Labute approximate surface area is 140 Å². The Balaban J connectivity index is 1.40. The van der Waals surface area contributed by atoms with Crippen LogP contribution in [0.2, 0.25) is 0 Å². The molecule has 0 aliphatic carbocycles. The first-order chi connectivity index (χ1) is 11.6. The molecule has 0 radical (unpaired) electrons. The summed E-state index contributed by atoms with van der Waals surface area (Å²) in [6.07, 6.45) is 3.30. The summed E-state index contributed by atoms with van der Waals surface area (Å²) in [6, 6.07) is 8.18. The van der Waals surface area contributed by atoms with Gasteiger partial charge in [-0.25, -0.2) is 0 Å². The normalized spacial score (nSPS) is 15.0. The fourth-order valence-electron chi connectivity index (χ4n) is 2.99. The zero-order valence-corrected chi connectivity index (χ0v) is 13.7. The Hall–Kier alpha value is -2.34. The van der Waals surface area contributed by atoms with E-state index < -0.39 is 10.9 Å². The predicted molar refractivity (Wildman–Crippen MR) is 95.3 cm³/mol. The number of likely N-dealkylation sites (tertiary alicyclic amines) is 1. The third-order valence-electron chi connectivity index (χ3n) is 4.34. The largest absolute Gasteiger partial charge is 0.494 e. The maximum absolute atomic E-state index is 11.3. The fourth-order valence-corrected chi connectivity index (χ4v) is 2.99. The summed E-state index contributed by atoms with van der Waals surface area (Å²) >= 11 is 0. The molecule has 0 amide bonds. The lowest BCUT2D eigenvalue weighted by atomic mass is 10.2. The van der Waals surface area contributed by atoms with E-state index >= 15 is 0 Å². The van der Waals surface area contributed by atoms with Crippen LogP contribution in [0.3, 0.4) is 0 Å². The third kappa shape index (κ3) is 3.76. The van der Waals surface area contributed by atoms with Crippen molar-refractivity contribution in [2.75, 3.05) is 37.3 Å². The van der Waals surface area contributed by atoms with Gasteiger partial charge in [-0.05, 0) is 50.0 Å². The van der Waals surface area contributed by atoms with E-state index in [0.717, 1.165) is 12.3 Å². The van der Waals surface area contributed by atoms with E-state index in [9.17, 15) is 9.59 Å². The van der Waals surface area contributed by atoms with E-state index in [2.05, 4.69) is 22.3 Å². The summed E-state index contributed by atoms with van der Waals surface area (Å²) in [5, 5.41) is 2.89. The summed E-state index contributed by atoms with van der Waals surface area (Å²) in [5.74, 6) is 0.861.